The fourth-order valence-corrected chi connectivity index (χ4v) is 2.51. The fraction of sp³-hybridized carbons (Fsp3) is 0.438. The molecule has 0 fully saturated rings. The first kappa shape index (κ1) is 17.7. The minimum atomic E-state index is -0.820. The molecule has 2 nitrogen and oxygen atoms in total. The second-order valence-electron chi connectivity index (χ2n) is 4.63. The molecule has 0 atom stereocenters. The van der Waals surface area contributed by atoms with E-state index in [1.165, 1.54) is 18.0 Å². The van der Waals surface area contributed by atoms with Gasteiger partial charge in [-0.2, -0.15) is 0 Å². The molecule has 1 rings (SSSR count). The fourth-order valence-electron chi connectivity index (χ4n) is 1.89. The summed E-state index contributed by atoms with van der Waals surface area (Å²) in [5.74, 6) is -1.41. The van der Waals surface area contributed by atoms with Crippen LogP contribution in [0, 0.1) is 11.6 Å². The molecule has 1 aromatic rings. The Morgan fingerprint density at radius 1 is 1.29 bits per heavy atom. The van der Waals surface area contributed by atoms with Crippen molar-refractivity contribution >= 4 is 23.4 Å². The van der Waals surface area contributed by atoms with Crippen LogP contribution in [0.15, 0.2) is 23.8 Å². The normalized spacial score (nSPS) is 11.6. The number of allylic oxidation sites excluding steroid dienone is 2. The number of hydrogen-bond acceptors (Lipinski definition) is 3. The second-order valence-corrected chi connectivity index (χ2v) is 5.53. The molecule has 0 bridgehead atoms. The topological polar surface area (TPSA) is 29.1 Å². The Morgan fingerprint density at radius 3 is 2.57 bits per heavy atom. The molecular formula is C16H21F2NOS. The van der Waals surface area contributed by atoms with Crippen molar-refractivity contribution in [1.29, 1.82) is 0 Å². The molecule has 0 heterocycles. The summed E-state index contributed by atoms with van der Waals surface area (Å²) in [5.41, 5.74) is 0.109. The van der Waals surface area contributed by atoms with E-state index in [9.17, 15) is 13.6 Å². The molecule has 0 aliphatic rings. The molecule has 0 aliphatic carbocycles. The molecule has 116 valence electrons. The van der Waals surface area contributed by atoms with E-state index in [-0.39, 0.29) is 5.69 Å². The maximum Gasteiger partial charge on any atom is 0.194 e. The van der Waals surface area contributed by atoms with E-state index in [0.29, 0.717) is 12.0 Å². The first-order valence-electron chi connectivity index (χ1n) is 7.12. The minimum Gasteiger partial charge on any atom is -0.327 e. The van der Waals surface area contributed by atoms with Gasteiger partial charge in [0, 0.05) is 5.75 Å². The number of halogens is 2. The average molecular weight is 313 g/mol. The van der Waals surface area contributed by atoms with Crippen molar-refractivity contribution in [2.24, 2.45) is 0 Å². The van der Waals surface area contributed by atoms with Crippen molar-refractivity contribution in [2.45, 2.75) is 40.0 Å². The molecule has 0 aliphatic heterocycles. The van der Waals surface area contributed by atoms with Crippen LogP contribution in [0.3, 0.4) is 0 Å². The summed E-state index contributed by atoms with van der Waals surface area (Å²) in [6.45, 7) is 5.63. The highest BCUT2D eigenvalue weighted by Crippen LogP contribution is 2.26. The molecule has 0 radical (unpaired) electrons. The van der Waals surface area contributed by atoms with E-state index in [2.05, 4.69) is 4.72 Å². The van der Waals surface area contributed by atoms with Gasteiger partial charge < -0.3 is 4.72 Å². The Bertz CT molecular complexity index is 529. The zero-order valence-corrected chi connectivity index (χ0v) is 13.4. The molecule has 0 spiro atoms. The number of ketones is 1. The summed E-state index contributed by atoms with van der Waals surface area (Å²) < 4.78 is 31.1. The van der Waals surface area contributed by atoms with E-state index in [1.54, 1.807) is 13.0 Å². The van der Waals surface area contributed by atoms with Crippen LogP contribution in [0.25, 0.3) is 0 Å². The van der Waals surface area contributed by atoms with Crippen LogP contribution in [0.5, 0.6) is 0 Å². The molecule has 5 heteroatoms. The van der Waals surface area contributed by atoms with Gasteiger partial charge in [0.05, 0.1) is 11.3 Å². The SMILES string of the molecule is C/C=C(\CCC)C(=O)c1c(F)ccc(NSCCC)c1F. The standard InChI is InChI=1S/C16H21F2NOS/c1-4-7-11(6-3)16(20)14-12(17)8-9-13(15(14)18)19-21-10-5-2/h6,8-9,19H,4-5,7,10H2,1-3H3/b11-6+. The predicted molar refractivity (Wildman–Crippen MR) is 85.7 cm³/mol. The summed E-state index contributed by atoms with van der Waals surface area (Å²) in [5, 5.41) is 0. The molecule has 0 saturated heterocycles. The van der Waals surface area contributed by atoms with Crippen molar-refractivity contribution in [2.75, 3.05) is 10.5 Å². The van der Waals surface area contributed by atoms with Crippen LogP contribution in [0.2, 0.25) is 0 Å². The van der Waals surface area contributed by atoms with E-state index in [0.717, 1.165) is 24.7 Å². The molecule has 21 heavy (non-hydrogen) atoms. The molecule has 0 amide bonds. The van der Waals surface area contributed by atoms with E-state index in [4.69, 9.17) is 0 Å². The number of hydrogen-bond donors (Lipinski definition) is 1. The summed E-state index contributed by atoms with van der Waals surface area (Å²) in [6, 6.07) is 2.45. The van der Waals surface area contributed by atoms with Crippen molar-refractivity contribution in [3.63, 3.8) is 0 Å². The zero-order valence-electron chi connectivity index (χ0n) is 12.6. The zero-order chi connectivity index (χ0) is 15.8. The van der Waals surface area contributed by atoms with Gasteiger partial charge in [-0.15, -0.1) is 0 Å². The van der Waals surface area contributed by atoms with Crippen molar-refractivity contribution in [3.05, 3.63) is 41.0 Å². The van der Waals surface area contributed by atoms with Crippen LogP contribution >= 0.6 is 11.9 Å². The number of carbonyl (C=O) groups is 1. The van der Waals surface area contributed by atoms with Gasteiger partial charge in [0.15, 0.2) is 11.6 Å². The van der Waals surface area contributed by atoms with E-state index < -0.39 is 23.0 Å². The lowest BCUT2D eigenvalue weighted by atomic mass is 9.98. The lowest BCUT2D eigenvalue weighted by Crippen LogP contribution is -2.10. The van der Waals surface area contributed by atoms with Gasteiger partial charge in [0.25, 0.3) is 0 Å². The van der Waals surface area contributed by atoms with Crippen LogP contribution in [0.4, 0.5) is 14.5 Å². The molecule has 0 unspecified atom stereocenters. The van der Waals surface area contributed by atoms with E-state index in [1.807, 2.05) is 13.8 Å². The maximum atomic E-state index is 14.4. The Balaban J connectivity index is 3.11. The van der Waals surface area contributed by atoms with Gasteiger partial charge in [-0.1, -0.05) is 38.3 Å². The van der Waals surface area contributed by atoms with Gasteiger partial charge in [0.2, 0.25) is 0 Å². The molecule has 1 aromatic carbocycles. The first-order chi connectivity index (χ1) is 10.1. The number of nitrogens with one attached hydrogen (secondary N) is 1. The first-order valence-corrected chi connectivity index (χ1v) is 8.10. The van der Waals surface area contributed by atoms with Gasteiger partial charge in [-0.25, -0.2) is 8.78 Å². The third-order valence-electron chi connectivity index (χ3n) is 2.97. The predicted octanol–water partition coefficient (Wildman–Crippen LogP) is 5.36. The Hall–Kier alpha value is -1.36. The third-order valence-corrected chi connectivity index (χ3v) is 3.94. The molecule has 0 aromatic heterocycles. The quantitative estimate of drug-likeness (QED) is 0.303. The van der Waals surface area contributed by atoms with Gasteiger partial charge >= 0.3 is 0 Å². The van der Waals surface area contributed by atoms with Crippen molar-refractivity contribution < 1.29 is 13.6 Å². The average Bonchev–Trinajstić information content (AvgIpc) is 2.47. The molecule has 0 saturated carbocycles. The van der Waals surface area contributed by atoms with Crippen LogP contribution in [-0.4, -0.2) is 11.5 Å². The number of benzene rings is 1. The van der Waals surface area contributed by atoms with Crippen LogP contribution in [0.1, 0.15) is 50.4 Å². The number of Topliss-reactive ketones (excluding diaryl/α,β-unsaturated/α-hetero) is 1. The minimum absolute atomic E-state index is 0.144. The maximum absolute atomic E-state index is 14.4. The smallest absolute Gasteiger partial charge is 0.194 e. The molecular weight excluding hydrogens is 292 g/mol. The second kappa shape index (κ2) is 8.82. The summed E-state index contributed by atoms with van der Waals surface area (Å²) in [4.78, 5) is 12.3. The largest absolute Gasteiger partial charge is 0.327 e. The highest BCUT2D eigenvalue weighted by atomic mass is 32.2. The highest BCUT2D eigenvalue weighted by Gasteiger charge is 2.22. The monoisotopic (exact) mass is 313 g/mol. The third kappa shape index (κ3) is 4.56. The van der Waals surface area contributed by atoms with Gasteiger partial charge in [-0.05, 0) is 37.5 Å². The van der Waals surface area contributed by atoms with Crippen molar-refractivity contribution in [1.82, 2.24) is 0 Å². The Labute approximate surface area is 129 Å². The molecule has 1 N–H and O–H groups in total. The Morgan fingerprint density at radius 2 is 2.00 bits per heavy atom. The summed E-state index contributed by atoms with van der Waals surface area (Å²) in [7, 11) is 0. The van der Waals surface area contributed by atoms with E-state index >= 15 is 0 Å². The van der Waals surface area contributed by atoms with Crippen molar-refractivity contribution in [3.8, 4) is 0 Å². The number of carbonyl (C=O) groups excluding carboxylic acids is 1. The van der Waals surface area contributed by atoms with Crippen LogP contribution in [-0.2, 0) is 0 Å². The van der Waals surface area contributed by atoms with Crippen LogP contribution < -0.4 is 4.72 Å². The van der Waals surface area contributed by atoms with Gasteiger partial charge in [0.1, 0.15) is 5.82 Å². The highest BCUT2D eigenvalue weighted by molar-refractivity contribution is 8.00. The lowest BCUT2D eigenvalue weighted by Gasteiger charge is -2.11. The van der Waals surface area contributed by atoms with Gasteiger partial charge in [-0.3, -0.25) is 4.79 Å². The number of anilines is 1. The summed E-state index contributed by atoms with van der Waals surface area (Å²) in [6.07, 6.45) is 3.82. The Kier molecular flexibility index (Phi) is 7.43. The summed E-state index contributed by atoms with van der Waals surface area (Å²) >= 11 is 1.33. The lowest BCUT2D eigenvalue weighted by molar-refractivity contribution is 0.102. The number of rotatable bonds is 8.